The normalized spacial score (nSPS) is 20.5. The molecule has 0 spiro atoms. The van der Waals surface area contributed by atoms with Gasteiger partial charge in [0.05, 0.1) is 24.2 Å². The predicted octanol–water partition coefficient (Wildman–Crippen LogP) is 2.78. The second-order valence-electron chi connectivity index (χ2n) is 10.0. The minimum absolute atomic E-state index is 0.115. The van der Waals surface area contributed by atoms with E-state index in [1.807, 2.05) is 6.07 Å². The Morgan fingerprint density at radius 3 is 2.49 bits per heavy atom. The molecule has 2 saturated heterocycles. The summed E-state index contributed by atoms with van der Waals surface area (Å²) < 4.78 is 40.0. The van der Waals surface area contributed by atoms with Crippen LogP contribution in [0.3, 0.4) is 0 Å². The van der Waals surface area contributed by atoms with Gasteiger partial charge in [-0.15, -0.1) is 0 Å². The monoisotopic (exact) mass is 531 g/mol. The fraction of sp³-hybridized carbons (Fsp3) is 0.556. The zero-order valence-electron chi connectivity index (χ0n) is 21.9. The molecule has 4 rings (SSSR count). The number of benzene rings is 1. The van der Waals surface area contributed by atoms with Crippen molar-refractivity contribution < 1.29 is 27.8 Å². The fourth-order valence-corrected chi connectivity index (χ4v) is 7.53. The van der Waals surface area contributed by atoms with Crippen LogP contribution in [-0.2, 0) is 25.2 Å². The van der Waals surface area contributed by atoms with E-state index in [2.05, 4.69) is 4.98 Å². The Morgan fingerprint density at radius 2 is 1.86 bits per heavy atom. The number of sulfonamides is 1. The molecule has 2 aliphatic rings. The number of ether oxygens (including phenoxy) is 2. The summed E-state index contributed by atoms with van der Waals surface area (Å²) in [7, 11) is -2.18. The standard InChI is InChI=1S/C27H37N3O6S/c1-20-15-24(35-3)16-21(2)26(20)37(33,34)30-12-5-4-8-23(30)18-36-19-25(31)29-13-9-27(32,10-14-29)22-7-6-11-28-17-22/h6-7,11,15-17,23,32H,4-5,8-10,12-14,18-19H2,1-3H3. The highest BCUT2D eigenvalue weighted by Crippen LogP contribution is 2.33. The van der Waals surface area contributed by atoms with Crippen LogP contribution < -0.4 is 4.74 Å². The molecule has 0 radical (unpaired) electrons. The number of hydrogen-bond donors (Lipinski definition) is 1. The van der Waals surface area contributed by atoms with Crippen LogP contribution >= 0.6 is 0 Å². The van der Waals surface area contributed by atoms with Crippen LogP contribution in [0.4, 0.5) is 0 Å². The van der Waals surface area contributed by atoms with Crippen LogP contribution in [0.1, 0.15) is 48.8 Å². The number of aliphatic hydroxyl groups is 1. The molecule has 1 N–H and O–H groups in total. The van der Waals surface area contributed by atoms with E-state index >= 15 is 0 Å². The van der Waals surface area contributed by atoms with Gasteiger partial charge in [0.1, 0.15) is 12.4 Å². The van der Waals surface area contributed by atoms with E-state index in [0.29, 0.717) is 60.7 Å². The third kappa shape index (κ3) is 5.98. The molecule has 0 bridgehead atoms. The number of hydrogen-bond acceptors (Lipinski definition) is 7. The van der Waals surface area contributed by atoms with Crippen LogP contribution in [0.15, 0.2) is 41.6 Å². The number of carbonyl (C=O) groups excluding carboxylic acids is 1. The van der Waals surface area contributed by atoms with Gasteiger partial charge in [0.2, 0.25) is 15.9 Å². The molecule has 202 valence electrons. The fourth-order valence-electron chi connectivity index (χ4n) is 5.44. The van der Waals surface area contributed by atoms with E-state index in [-0.39, 0.29) is 25.2 Å². The summed E-state index contributed by atoms with van der Waals surface area (Å²) in [6, 6.07) is 6.80. The number of piperidine rings is 2. The molecule has 1 aromatic carbocycles. The van der Waals surface area contributed by atoms with Crippen molar-refractivity contribution in [1.29, 1.82) is 0 Å². The maximum Gasteiger partial charge on any atom is 0.248 e. The van der Waals surface area contributed by atoms with E-state index in [1.165, 1.54) is 4.31 Å². The number of rotatable bonds is 8. The minimum Gasteiger partial charge on any atom is -0.497 e. The Kier molecular flexibility index (Phi) is 8.52. The molecule has 2 fully saturated rings. The maximum absolute atomic E-state index is 13.7. The van der Waals surface area contributed by atoms with E-state index in [9.17, 15) is 18.3 Å². The van der Waals surface area contributed by atoms with Crippen LogP contribution in [0.5, 0.6) is 5.75 Å². The molecule has 2 aromatic rings. The first-order chi connectivity index (χ1) is 17.7. The number of aryl methyl sites for hydroxylation is 2. The highest BCUT2D eigenvalue weighted by molar-refractivity contribution is 7.89. The van der Waals surface area contributed by atoms with E-state index < -0.39 is 15.6 Å². The molecule has 1 aromatic heterocycles. The first kappa shape index (κ1) is 27.5. The van der Waals surface area contributed by atoms with Crippen LogP contribution in [0.25, 0.3) is 0 Å². The van der Waals surface area contributed by atoms with Gasteiger partial charge >= 0.3 is 0 Å². The molecule has 37 heavy (non-hydrogen) atoms. The lowest BCUT2D eigenvalue weighted by Gasteiger charge is -2.38. The zero-order valence-corrected chi connectivity index (χ0v) is 22.7. The molecule has 1 amide bonds. The molecule has 0 aliphatic carbocycles. The van der Waals surface area contributed by atoms with Crippen LogP contribution in [0, 0.1) is 13.8 Å². The third-order valence-electron chi connectivity index (χ3n) is 7.49. The van der Waals surface area contributed by atoms with E-state index in [4.69, 9.17) is 9.47 Å². The number of carbonyl (C=O) groups is 1. The molecule has 0 saturated carbocycles. The summed E-state index contributed by atoms with van der Waals surface area (Å²) in [4.78, 5) is 18.9. The molecular formula is C27H37N3O6S. The molecule has 1 atom stereocenters. The SMILES string of the molecule is COc1cc(C)c(S(=O)(=O)N2CCCCC2COCC(=O)N2CCC(O)(c3cccnc3)CC2)c(C)c1. The second-order valence-corrected chi connectivity index (χ2v) is 11.9. The summed E-state index contributed by atoms with van der Waals surface area (Å²) >= 11 is 0. The van der Waals surface area contributed by atoms with Gasteiger partial charge in [-0.25, -0.2) is 8.42 Å². The second kappa shape index (κ2) is 11.5. The van der Waals surface area contributed by atoms with Crippen molar-refractivity contribution in [3.63, 3.8) is 0 Å². The van der Waals surface area contributed by atoms with E-state index in [1.54, 1.807) is 56.4 Å². The highest BCUT2D eigenvalue weighted by atomic mass is 32.2. The summed E-state index contributed by atoms with van der Waals surface area (Å²) in [6.07, 6.45) is 6.58. The first-order valence-electron chi connectivity index (χ1n) is 12.8. The zero-order chi connectivity index (χ0) is 26.6. The Balaban J connectivity index is 1.35. The Morgan fingerprint density at radius 1 is 1.16 bits per heavy atom. The van der Waals surface area contributed by atoms with Gasteiger partial charge in [-0.05, 0) is 68.9 Å². The molecule has 2 aliphatic heterocycles. The van der Waals surface area contributed by atoms with Crippen molar-refractivity contribution in [2.75, 3.05) is 40.0 Å². The summed E-state index contributed by atoms with van der Waals surface area (Å²) in [5.74, 6) is 0.475. The Labute approximate surface area is 219 Å². The Bertz CT molecular complexity index is 1170. The molecule has 9 nitrogen and oxygen atoms in total. The highest BCUT2D eigenvalue weighted by Gasteiger charge is 2.37. The lowest BCUT2D eigenvalue weighted by Crippen LogP contribution is -2.48. The van der Waals surface area contributed by atoms with Crippen molar-refractivity contribution in [2.24, 2.45) is 0 Å². The van der Waals surface area contributed by atoms with Gasteiger partial charge in [-0.2, -0.15) is 4.31 Å². The molecule has 10 heteroatoms. The van der Waals surface area contributed by atoms with Gasteiger partial charge in [0.25, 0.3) is 0 Å². The first-order valence-corrected chi connectivity index (χ1v) is 14.3. The van der Waals surface area contributed by atoms with E-state index in [0.717, 1.165) is 18.4 Å². The number of nitrogens with zero attached hydrogens (tertiary/aromatic N) is 3. The molecule has 3 heterocycles. The van der Waals surface area contributed by atoms with Gasteiger partial charge in [-0.1, -0.05) is 12.5 Å². The number of pyridine rings is 1. The average molecular weight is 532 g/mol. The number of aromatic nitrogens is 1. The minimum atomic E-state index is -3.74. The van der Waals surface area contributed by atoms with Gasteiger partial charge in [0.15, 0.2) is 0 Å². The van der Waals surface area contributed by atoms with Crippen molar-refractivity contribution in [2.45, 2.75) is 62.5 Å². The topological polar surface area (TPSA) is 109 Å². The van der Waals surface area contributed by atoms with Crippen molar-refractivity contribution >= 4 is 15.9 Å². The van der Waals surface area contributed by atoms with Crippen LogP contribution in [0.2, 0.25) is 0 Å². The summed E-state index contributed by atoms with van der Waals surface area (Å²) in [5.41, 5.74) is 1.07. The Hall–Kier alpha value is -2.53. The van der Waals surface area contributed by atoms with Crippen molar-refractivity contribution in [3.05, 3.63) is 53.3 Å². The third-order valence-corrected chi connectivity index (χ3v) is 9.75. The summed E-state index contributed by atoms with van der Waals surface area (Å²) in [5, 5.41) is 11.0. The summed E-state index contributed by atoms with van der Waals surface area (Å²) in [6.45, 7) is 4.88. The number of methoxy groups -OCH3 is 1. The number of likely N-dealkylation sites (tertiary alicyclic amines) is 1. The van der Waals surface area contributed by atoms with Crippen molar-refractivity contribution in [1.82, 2.24) is 14.2 Å². The smallest absolute Gasteiger partial charge is 0.248 e. The maximum atomic E-state index is 13.7. The molecule has 1 unspecified atom stereocenters. The van der Waals surface area contributed by atoms with Gasteiger partial charge in [-0.3, -0.25) is 9.78 Å². The molecular weight excluding hydrogens is 494 g/mol. The van der Waals surface area contributed by atoms with Gasteiger partial charge in [0, 0.05) is 43.6 Å². The largest absolute Gasteiger partial charge is 0.497 e. The van der Waals surface area contributed by atoms with Crippen LogP contribution in [-0.4, -0.2) is 79.6 Å². The average Bonchev–Trinajstić information content (AvgIpc) is 2.89. The predicted molar refractivity (Wildman–Crippen MR) is 139 cm³/mol. The number of amides is 1. The quantitative estimate of drug-likeness (QED) is 0.558. The van der Waals surface area contributed by atoms with Gasteiger partial charge < -0.3 is 19.5 Å². The van der Waals surface area contributed by atoms with Crippen molar-refractivity contribution in [3.8, 4) is 5.75 Å². The lowest BCUT2D eigenvalue weighted by molar-refractivity contribution is -0.141. The lowest BCUT2D eigenvalue weighted by atomic mass is 9.85.